The van der Waals surface area contributed by atoms with Gasteiger partial charge in [-0.05, 0) is 61.9 Å². The minimum Gasteiger partial charge on any atom is -0.494 e. The van der Waals surface area contributed by atoms with E-state index in [1.165, 1.54) is 18.5 Å². The first-order valence-electron chi connectivity index (χ1n) is 10.8. The third kappa shape index (κ3) is 5.70. The fourth-order valence-corrected chi connectivity index (χ4v) is 4.17. The third-order valence-corrected chi connectivity index (χ3v) is 6.33. The average molecular weight is 480 g/mol. The zero-order valence-electron chi connectivity index (χ0n) is 18.9. The van der Waals surface area contributed by atoms with Gasteiger partial charge in [0.1, 0.15) is 29.5 Å². The van der Waals surface area contributed by atoms with Crippen LogP contribution in [0.15, 0.2) is 78.2 Å². The molecule has 0 saturated heterocycles. The summed E-state index contributed by atoms with van der Waals surface area (Å²) in [6, 6.07) is 14.6. The van der Waals surface area contributed by atoms with Crippen molar-refractivity contribution in [3.63, 3.8) is 0 Å². The number of ether oxygens (including phenoxy) is 2. The van der Waals surface area contributed by atoms with Crippen molar-refractivity contribution in [2.45, 2.75) is 31.6 Å². The van der Waals surface area contributed by atoms with Gasteiger partial charge in [-0.15, -0.1) is 0 Å². The number of benzene rings is 2. The minimum atomic E-state index is -3.74. The van der Waals surface area contributed by atoms with Gasteiger partial charge in [0, 0.05) is 24.1 Å². The molecule has 0 unspecified atom stereocenters. The van der Waals surface area contributed by atoms with Crippen molar-refractivity contribution in [1.29, 1.82) is 0 Å². The number of imidazole rings is 1. The highest BCUT2D eigenvalue weighted by molar-refractivity contribution is 7.92. The second-order valence-corrected chi connectivity index (χ2v) is 9.15. The highest BCUT2D eigenvalue weighted by Crippen LogP contribution is 2.24. The molecule has 2 aromatic carbocycles. The molecule has 0 radical (unpaired) electrons. The molecule has 0 bridgehead atoms. The van der Waals surface area contributed by atoms with Gasteiger partial charge in [0.15, 0.2) is 0 Å². The Bertz CT molecular complexity index is 1340. The third-order valence-electron chi connectivity index (χ3n) is 4.93. The number of nitrogens with one attached hydrogen (secondary N) is 1. The van der Waals surface area contributed by atoms with E-state index in [1.807, 2.05) is 11.5 Å². The molecule has 0 atom stereocenters. The number of hydrogen-bond donors (Lipinski definition) is 1. The Labute approximate surface area is 198 Å². The van der Waals surface area contributed by atoms with Gasteiger partial charge in [0.25, 0.3) is 10.0 Å². The second-order valence-electron chi connectivity index (χ2n) is 7.46. The van der Waals surface area contributed by atoms with Crippen LogP contribution in [0.25, 0.3) is 5.82 Å². The van der Waals surface area contributed by atoms with Gasteiger partial charge in [-0.2, -0.15) is 0 Å². The summed E-state index contributed by atoms with van der Waals surface area (Å²) in [4.78, 5) is 12.7. The topological polar surface area (TPSA) is 108 Å². The van der Waals surface area contributed by atoms with Crippen LogP contribution in [0.3, 0.4) is 0 Å². The molecule has 34 heavy (non-hydrogen) atoms. The molecule has 0 fully saturated rings. The normalized spacial score (nSPS) is 11.2. The molecule has 1 N–H and O–H groups in total. The lowest BCUT2D eigenvalue weighted by Crippen LogP contribution is -2.12. The van der Waals surface area contributed by atoms with Crippen LogP contribution in [-0.4, -0.2) is 34.5 Å². The van der Waals surface area contributed by atoms with Gasteiger partial charge >= 0.3 is 0 Å². The Morgan fingerprint density at radius 1 is 0.971 bits per heavy atom. The minimum absolute atomic E-state index is 0.152. The maximum absolute atomic E-state index is 12.7. The molecule has 10 heteroatoms. The Balaban J connectivity index is 1.40. The number of aryl methyl sites for hydroxylation is 1. The Kier molecular flexibility index (Phi) is 7.07. The molecule has 0 saturated carbocycles. The maximum Gasteiger partial charge on any atom is 0.261 e. The van der Waals surface area contributed by atoms with Crippen molar-refractivity contribution in [2.75, 3.05) is 11.3 Å². The van der Waals surface area contributed by atoms with Gasteiger partial charge in [-0.3, -0.25) is 9.29 Å². The van der Waals surface area contributed by atoms with Crippen LogP contribution in [0.5, 0.6) is 17.4 Å². The highest BCUT2D eigenvalue weighted by atomic mass is 32.2. The van der Waals surface area contributed by atoms with Gasteiger partial charge in [-0.1, -0.05) is 13.3 Å². The predicted molar refractivity (Wildman–Crippen MR) is 128 cm³/mol. The van der Waals surface area contributed by atoms with Gasteiger partial charge in [-0.25, -0.2) is 23.4 Å². The first-order chi connectivity index (χ1) is 16.4. The van der Waals surface area contributed by atoms with E-state index in [9.17, 15) is 8.42 Å². The van der Waals surface area contributed by atoms with Crippen molar-refractivity contribution >= 4 is 15.7 Å². The van der Waals surface area contributed by atoms with Gasteiger partial charge in [0.2, 0.25) is 5.88 Å². The summed E-state index contributed by atoms with van der Waals surface area (Å²) < 4.78 is 41.2. The lowest BCUT2D eigenvalue weighted by Gasteiger charge is -2.11. The second kappa shape index (κ2) is 10.3. The smallest absolute Gasteiger partial charge is 0.261 e. The number of rotatable bonds is 10. The summed E-state index contributed by atoms with van der Waals surface area (Å²) in [5.41, 5.74) is 0.410. The number of aromatic nitrogens is 4. The van der Waals surface area contributed by atoms with E-state index in [1.54, 1.807) is 54.9 Å². The molecule has 4 aromatic rings. The van der Waals surface area contributed by atoms with E-state index in [0.29, 0.717) is 35.5 Å². The monoisotopic (exact) mass is 479 g/mol. The molecule has 0 aliphatic carbocycles. The van der Waals surface area contributed by atoms with E-state index in [0.717, 1.165) is 18.7 Å². The first-order valence-corrected chi connectivity index (χ1v) is 12.3. The molecule has 176 valence electrons. The summed E-state index contributed by atoms with van der Waals surface area (Å²) in [5.74, 6) is 2.92. The standard InChI is InChI=1S/C24H25N5O4S/c1-3-4-15-32-20-9-11-22(12-10-20)34(30,31)28-19-5-7-21(8-6-19)33-24-16-23(26-17-27-24)29-14-13-25-18(29)2/h5-14,16-17,28H,3-4,15H2,1-2H3. The maximum atomic E-state index is 12.7. The van der Waals surface area contributed by atoms with Crippen molar-refractivity contribution < 1.29 is 17.9 Å². The summed E-state index contributed by atoms with van der Waals surface area (Å²) in [6.07, 6.45) is 6.88. The molecule has 0 spiro atoms. The number of nitrogens with zero attached hydrogens (tertiary/aromatic N) is 4. The molecule has 0 aliphatic heterocycles. The van der Waals surface area contributed by atoms with Crippen LogP contribution in [-0.2, 0) is 10.0 Å². The fraction of sp³-hybridized carbons (Fsp3) is 0.208. The Hall–Kier alpha value is -3.92. The summed E-state index contributed by atoms with van der Waals surface area (Å²) in [6.45, 7) is 4.56. The molecule has 2 heterocycles. The van der Waals surface area contributed by atoms with Gasteiger partial charge < -0.3 is 9.47 Å². The van der Waals surface area contributed by atoms with Crippen molar-refractivity contribution in [3.05, 3.63) is 79.1 Å². The van der Waals surface area contributed by atoms with E-state index in [2.05, 4.69) is 26.6 Å². The van der Waals surface area contributed by atoms with E-state index < -0.39 is 10.0 Å². The van der Waals surface area contributed by atoms with Gasteiger partial charge in [0.05, 0.1) is 11.5 Å². The summed E-state index contributed by atoms with van der Waals surface area (Å²) >= 11 is 0. The Morgan fingerprint density at radius 2 is 1.71 bits per heavy atom. The first kappa shape index (κ1) is 23.2. The van der Waals surface area contributed by atoms with Crippen LogP contribution < -0.4 is 14.2 Å². The summed E-state index contributed by atoms with van der Waals surface area (Å²) in [7, 11) is -3.74. The SMILES string of the molecule is CCCCOc1ccc(S(=O)(=O)Nc2ccc(Oc3cc(-n4ccnc4C)ncn3)cc2)cc1. The van der Waals surface area contributed by atoms with E-state index >= 15 is 0 Å². The number of anilines is 1. The predicted octanol–water partition coefficient (Wildman–Crippen LogP) is 4.74. The van der Waals surface area contributed by atoms with Crippen molar-refractivity contribution in [1.82, 2.24) is 19.5 Å². The lowest BCUT2D eigenvalue weighted by molar-refractivity contribution is 0.309. The molecule has 0 amide bonds. The number of hydrogen-bond acceptors (Lipinski definition) is 7. The van der Waals surface area contributed by atoms with Crippen LogP contribution in [0.4, 0.5) is 5.69 Å². The Morgan fingerprint density at radius 3 is 2.38 bits per heavy atom. The van der Waals surface area contributed by atoms with Crippen molar-refractivity contribution in [2.24, 2.45) is 0 Å². The largest absolute Gasteiger partial charge is 0.494 e. The number of unbranched alkanes of at least 4 members (excludes halogenated alkanes) is 1. The summed E-state index contributed by atoms with van der Waals surface area (Å²) in [5, 5.41) is 0. The zero-order chi connectivity index (χ0) is 24.0. The zero-order valence-corrected chi connectivity index (χ0v) is 19.7. The number of sulfonamides is 1. The van der Waals surface area contributed by atoms with E-state index in [-0.39, 0.29) is 4.90 Å². The fourth-order valence-electron chi connectivity index (χ4n) is 3.11. The quantitative estimate of drug-likeness (QED) is 0.327. The molecule has 2 aromatic heterocycles. The molecule has 0 aliphatic rings. The van der Waals surface area contributed by atoms with Crippen LogP contribution in [0.2, 0.25) is 0 Å². The average Bonchev–Trinajstić information content (AvgIpc) is 3.27. The van der Waals surface area contributed by atoms with Crippen LogP contribution in [0, 0.1) is 6.92 Å². The molecular formula is C24H25N5O4S. The molecule has 9 nitrogen and oxygen atoms in total. The van der Waals surface area contributed by atoms with E-state index in [4.69, 9.17) is 9.47 Å². The van der Waals surface area contributed by atoms with Crippen molar-refractivity contribution in [3.8, 4) is 23.2 Å². The van der Waals surface area contributed by atoms with Crippen LogP contribution in [0.1, 0.15) is 25.6 Å². The highest BCUT2D eigenvalue weighted by Gasteiger charge is 2.14. The molecule has 4 rings (SSSR count). The lowest BCUT2D eigenvalue weighted by atomic mass is 10.3. The van der Waals surface area contributed by atoms with Crippen LogP contribution >= 0.6 is 0 Å². The molecular weight excluding hydrogens is 454 g/mol.